The average molecular weight is 447 g/mol. The quantitative estimate of drug-likeness (QED) is 0.378. The van der Waals surface area contributed by atoms with E-state index in [4.69, 9.17) is 9.47 Å². The van der Waals surface area contributed by atoms with Crippen LogP contribution in [-0.2, 0) is 24.4 Å². The van der Waals surface area contributed by atoms with Crippen LogP contribution < -0.4 is 4.74 Å². The molecule has 4 nitrogen and oxygen atoms in total. The van der Waals surface area contributed by atoms with E-state index in [1.165, 1.54) is 12.1 Å². The van der Waals surface area contributed by atoms with E-state index in [1.807, 2.05) is 48.1 Å². The van der Waals surface area contributed by atoms with Gasteiger partial charge < -0.3 is 14.0 Å². The number of ether oxygens (including phenoxy) is 2. The predicted octanol–water partition coefficient (Wildman–Crippen LogP) is 6.09. The van der Waals surface area contributed by atoms with Crippen LogP contribution in [0.4, 0.5) is 13.2 Å². The third-order valence-corrected chi connectivity index (χ3v) is 5.81. The molecule has 0 bridgehead atoms. The van der Waals surface area contributed by atoms with E-state index in [0.29, 0.717) is 12.4 Å². The summed E-state index contributed by atoms with van der Waals surface area (Å²) >= 11 is 0. The molecule has 1 heterocycles. The van der Waals surface area contributed by atoms with E-state index in [9.17, 15) is 13.2 Å². The van der Waals surface area contributed by atoms with Crippen molar-refractivity contribution in [2.75, 3.05) is 13.7 Å². The van der Waals surface area contributed by atoms with Crippen molar-refractivity contribution in [2.24, 2.45) is 18.9 Å². The van der Waals surface area contributed by atoms with E-state index < -0.39 is 11.7 Å². The molecule has 0 radical (unpaired) electrons. The summed E-state index contributed by atoms with van der Waals surface area (Å²) in [5.74, 6) is 0.594. The fraction of sp³-hybridized carbons (Fsp3) is 0.400. The number of rotatable bonds is 10. The maximum absolute atomic E-state index is 13.0. The van der Waals surface area contributed by atoms with Gasteiger partial charge in [0, 0.05) is 38.6 Å². The highest BCUT2D eigenvalue weighted by Gasteiger charge is 2.33. The van der Waals surface area contributed by atoms with Crippen LogP contribution in [0.3, 0.4) is 0 Å². The first-order valence-electron chi connectivity index (χ1n) is 10.7. The number of hydrogen-bond acceptors (Lipinski definition) is 3. The fourth-order valence-electron chi connectivity index (χ4n) is 4.11. The highest BCUT2D eigenvalue weighted by Crippen LogP contribution is 2.38. The molecular formula is C25H29F3N2O2. The zero-order valence-corrected chi connectivity index (χ0v) is 18.5. The Morgan fingerprint density at radius 1 is 1.03 bits per heavy atom. The van der Waals surface area contributed by atoms with Gasteiger partial charge >= 0.3 is 6.18 Å². The topological polar surface area (TPSA) is 36.3 Å². The lowest BCUT2D eigenvalue weighted by atomic mass is 9.80. The Morgan fingerprint density at radius 3 is 2.25 bits per heavy atom. The summed E-state index contributed by atoms with van der Waals surface area (Å²) in [5, 5.41) is 0. The molecule has 3 aromatic rings. The van der Waals surface area contributed by atoms with Crippen molar-refractivity contribution < 1.29 is 22.6 Å². The number of alkyl halides is 3. The fourth-order valence-corrected chi connectivity index (χ4v) is 4.11. The minimum atomic E-state index is -4.38. The number of aromatic nitrogens is 2. The Bertz CT molecular complexity index is 955. The van der Waals surface area contributed by atoms with Gasteiger partial charge in [-0.3, -0.25) is 0 Å². The monoisotopic (exact) mass is 446 g/mol. The zero-order valence-electron chi connectivity index (χ0n) is 18.5. The first-order chi connectivity index (χ1) is 15.3. The lowest BCUT2D eigenvalue weighted by molar-refractivity contribution is -0.137. The highest BCUT2D eigenvalue weighted by atomic mass is 19.4. The van der Waals surface area contributed by atoms with Crippen molar-refractivity contribution in [1.82, 2.24) is 9.55 Å². The number of hydrogen-bond donors (Lipinski definition) is 0. The van der Waals surface area contributed by atoms with Crippen molar-refractivity contribution in [3.8, 4) is 5.75 Å². The molecule has 1 aromatic heterocycles. The van der Waals surface area contributed by atoms with Gasteiger partial charge in [-0.15, -0.1) is 0 Å². The summed E-state index contributed by atoms with van der Waals surface area (Å²) in [5.41, 5.74) is 1.37. The van der Waals surface area contributed by atoms with Gasteiger partial charge in [-0.1, -0.05) is 37.3 Å². The minimum Gasteiger partial charge on any atom is -0.485 e. The van der Waals surface area contributed by atoms with Gasteiger partial charge in [0.05, 0.1) is 11.9 Å². The Labute approximate surface area is 187 Å². The van der Waals surface area contributed by atoms with Crippen LogP contribution in [0.1, 0.15) is 36.3 Å². The SMILES string of the molecule is CCC(C(COC)Cc1cncn1C)C(Oc1ccc(C(F)(F)F)cc1)c1ccccc1. The molecule has 7 heteroatoms. The number of nitrogens with zero attached hydrogens (tertiary/aromatic N) is 2. The maximum Gasteiger partial charge on any atom is 0.416 e. The largest absolute Gasteiger partial charge is 0.485 e. The highest BCUT2D eigenvalue weighted by molar-refractivity contribution is 5.30. The van der Waals surface area contributed by atoms with Crippen LogP contribution >= 0.6 is 0 Å². The van der Waals surface area contributed by atoms with Crippen LogP contribution in [0.5, 0.6) is 5.75 Å². The summed E-state index contributed by atoms with van der Waals surface area (Å²) in [6, 6.07) is 14.7. The molecular weight excluding hydrogens is 417 g/mol. The van der Waals surface area contributed by atoms with Crippen molar-refractivity contribution in [3.63, 3.8) is 0 Å². The zero-order chi connectivity index (χ0) is 23.1. The molecule has 0 aliphatic rings. The first-order valence-corrected chi connectivity index (χ1v) is 10.7. The number of aryl methyl sites for hydroxylation is 1. The second kappa shape index (κ2) is 10.7. The molecule has 0 amide bonds. The predicted molar refractivity (Wildman–Crippen MR) is 117 cm³/mol. The van der Waals surface area contributed by atoms with E-state index >= 15 is 0 Å². The minimum absolute atomic E-state index is 0.0644. The molecule has 2 aromatic carbocycles. The van der Waals surface area contributed by atoms with Crippen LogP contribution in [-0.4, -0.2) is 23.3 Å². The number of benzene rings is 2. The molecule has 0 saturated carbocycles. The summed E-state index contributed by atoms with van der Waals surface area (Å²) in [6.45, 7) is 2.63. The smallest absolute Gasteiger partial charge is 0.416 e. The number of methoxy groups -OCH3 is 1. The van der Waals surface area contributed by atoms with Gasteiger partial charge in [0.1, 0.15) is 11.9 Å². The van der Waals surface area contributed by atoms with Gasteiger partial charge in [-0.25, -0.2) is 4.98 Å². The van der Waals surface area contributed by atoms with E-state index in [1.54, 1.807) is 13.4 Å². The van der Waals surface area contributed by atoms with Crippen LogP contribution in [0, 0.1) is 11.8 Å². The van der Waals surface area contributed by atoms with Crippen LogP contribution in [0.2, 0.25) is 0 Å². The lowest BCUT2D eigenvalue weighted by Crippen LogP contribution is -2.30. The third-order valence-electron chi connectivity index (χ3n) is 5.81. The first kappa shape index (κ1) is 23.9. The molecule has 0 saturated heterocycles. The Morgan fingerprint density at radius 2 is 1.72 bits per heavy atom. The third kappa shape index (κ3) is 5.91. The molecule has 172 valence electrons. The van der Waals surface area contributed by atoms with Gasteiger partial charge in [-0.05, 0) is 48.6 Å². The molecule has 32 heavy (non-hydrogen) atoms. The van der Waals surface area contributed by atoms with Gasteiger partial charge in [0.15, 0.2) is 0 Å². The summed E-state index contributed by atoms with van der Waals surface area (Å²) in [4.78, 5) is 4.22. The van der Waals surface area contributed by atoms with E-state index in [-0.39, 0.29) is 17.9 Å². The van der Waals surface area contributed by atoms with E-state index in [0.717, 1.165) is 36.2 Å². The van der Waals surface area contributed by atoms with Gasteiger partial charge in [-0.2, -0.15) is 13.2 Å². The van der Waals surface area contributed by atoms with Crippen molar-refractivity contribution in [1.29, 1.82) is 0 Å². The summed E-state index contributed by atoms with van der Waals surface area (Å²) < 4.78 is 52.8. The Kier molecular flexibility index (Phi) is 7.96. The number of imidazole rings is 1. The molecule has 3 atom stereocenters. The van der Waals surface area contributed by atoms with Crippen LogP contribution in [0.15, 0.2) is 67.1 Å². The van der Waals surface area contributed by atoms with Crippen molar-refractivity contribution >= 4 is 0 Å². The normalized spacial score (nSPS) is 14.7. The van der Waals surface area contributed by atoms with Gasteiger partial charge in [0.25, 0.3) is 0 Å². The Hall–Kier alpha value is -2.80. The second-order valence-electron chi connectivity index (χ2n) is 7.96. The molecule has 0 aliphatic heterocycles. The van der Waals surface area contributed by atoms with Crippen molar-refractivity contribution in [2.45, 2.75) is 32.0 Å². The Balaban J connectivity index is 1.92. The molecule has 0 aliphatic carbocycles. The molecule has 3 rings (SSSR count). The standard InChI is InChI=1S/C25H29F3N2O2/c1-4-23(19(16-31-3)14-21-15-29-17-30(21)2)24(18-8-6-5-7-9-18)32-22-12-10-20(11-13-22)25(26,27)28/h5-13,15,17,19,23-24H,4,14,16H2,1-3H3. The van der Waals surface area contributed by atoms with Gasteiger partial charge in [0.2, 0.25) is 0 Å². The lowest BCUT2D eigenvalue weighted by Gasteiger charge is -2.33. The van der Waals surface area contributed by atoms with Crippen LogP contribution in [0.25, 0.3) is 0 Å². The maximum atomic E-state index is 13.0. The molecule has 3 unspecified atom stereocenters. The number of halogens is 3. The molecule has 0 N–H and O–H groups in total. The second-order valence-corrected chi connectivity index (χ2v) is 7.96. The average Bonchev–Trinajstić information content (AvgIpc) is 3.18. The van der Waals surface area contributed by atoms with Crippen molar-refractivity contribution in [3.05, 3.63) is 83.9 Å². The molecule has 0 fully saturated rings. The molecule has 0 spiro atoms. The summed E-state index contributed by atoms with van der Waals surface area (Å²) in [7, 11) is 3.64. The summed E-state index contributed by atoms with van der Waals surface area (Å²) in [6.07, 6.45) is 0.466. The van der Waals surface area contributed by atoms with E-state index in [2.05, 4.69) is 11.9 Å².